The first-order chi connectivity index (χ1) is 9.97. The van der Waals surface area contributed by atoms with E-state index < -0.39 is 0 Å². The van der Waals surface area contributed by atoms with Gasteiger partial charge in [0.25, 0.3) is 0 Å². The minimum atomic E-state index is 0.0276. The quantitative estimate of drug-likeness (QED) is 0.772. The molecule has 0 bridgehead atoms. The van der Waals surface area contributed by atoms with Gasteiger partial charge in [-0.2, -0.15) is 0 Å². The molecule has 1 atom stereocenters. The molecule has 1 aromatic carbocycles. The van der Waals surface area contributed by atoms with Gasteiger partial charge in [-0.15, -0.1) is 0 Å². The van der Waals surface area contributed by atoms with E-state index in [-0.39, 0.29) is 5.91 Å². The molecule has 1 rings (SSSR count). The Labute approximate surface area is 128 Å². The lowest BCUT2D eigenvalue weighted by molar-refractivity contribution is -0.116. The van der Waals surface area contributed by atoms with Gasteiger partial charge in [0, 0.05) is 6.42 Å². The summed E-state index contributed by atoms with van der Waals surface area (Å²) in [6, 6.07) is 5.76. The number of anilines is 1. The van der Waals surface area contributed by atoms with Crippen LogP contribution in [0.15, 0.2) is 18.2 Å². The zero-order valence-corrected chi connectivity index (χ0v) is 13.6. The fraction of sp³-hybridized carbons (Fsp3) is 0.588. The lowest BCUT2D eigenvalue weighted by Gasteiger charge is -2.19. The van der Waals surface area contributed by atoms with Gasteiger partial charge in [0.2, 0.25) is 5.91 Å². The van der Waals surface area contributed by atoms with Crippen LogP contribution in [0.4, 0.5) is 5.69 Å². The van der Waals surface area contributed by atoms with Gasteiger partial charge in [0.15, 0.2) is 0 Å². The lowest BCUT2D eigenvalue weighted by Crippen LogP contribution is -2.18. The summed E-state index contributed by atoms with van der Waals surface area (Å²) in [6.07, 6.45) is 2.35. The summed E-state index contributed by atoms with van der Waals surface area (Å²) >= 11 is 0. The summed E-state index contributed by atoms with van der Waals surface area (Å²) in [4.78, 5) is 12.1. The summed E-state index contributed by atoms with van der Waals surface area (Å²) in [5.74, 6) is 1.78. The first kappa shape index (κ1) is 17.5. The van der Waals surface area contributed by atoms with Gasteiger partial charge < -0.3 is 15.8 Å². The van der Waals surface area contributed by atoms with E-state index in [1.165, 1.54) is 0 Å². The Bertz CT molecular complexity index is 458. The van der Waals surface area contributed by atoms with Crippen LogP contribution in [0.3, 0.4) is 0 Å². The first-order valence-electron chi connectivity index (χ1n) is 7.62. The maximum Gasteiger partial charge on any atom is 0.224 e. The number of benzene rings is 1. The highest BCUT2D eigenvalue weighted by Gasteiger charge is 2.15. The lowest BCUT2D eigenvalue weighted by atomic mass is 9.88. The molecule has 0 aliphatic rings. The smallest absolute Gasteiger partial charge is 0.224 e. The van der Waals surface area contributed by atoms with Crippen molar-refractivity contribution in [3.8, 4) is 5.75 Å². The molecule has 0 aliphatic heterocycles. The van der Waals surface area contributed by atoms with E-state index >= 15 is 0 Å². The molecule has 0 saturated carbocycles. The molecular weight excluding hydrogens is 264 g/mol. The Morgan fingerprint density at radius 2 is 2.05 bits per heavy atom. The van der Waals surface area contributed by atoms with Gasteiger partial charge in [-0.1, -0.05) is 19.9 Å². The van der Waals surface area contributed by atoms with Gasteiger partial charge in [-0.05, 0) is 55.8 Å². The van der Waals surface area contributed by atoms with Crippen molar-refractivity contribution in [2.45, 2.75) is 40.0 Å². The second-order valence-electron chi connectivity index (χ2n) is 5.87. The second kappa shape index (κ2) is 8.67. The molecule has 1 aromatic rings. The predicted molar refractivity (Wildman–Crippen MR) is 87.6 cm³/mol. The molecule has 21 heavy (non-hydrogen) atoms. The molecule has 118 valence electrons. The molecule has 3 N–H and O–H groups in total. The predicted octanol–water partition coefficient (Wildman–Crippen LogP) is 3.34. The van der Waals surface area contributed by atoms with Crippen LogP contribution in [0, 0.1) is 18.8 Å². The highest BCUT2D eigenvalue weighted by atomic mass is 16.5. The standard InChI is InChI=1S/C17H28N2O2/c1-12(2)14(9-10-18)6-8-17(20)19-15-7-5-13(3)11-16(15)21-4/h5,7,11-12,14H,6,8-10,18H2,1-4H3,(H,19,20). The maximum absolute atomic E-state index is 12.1. The van der Waals surface area contributed by atoms with E-state index in [1.807, 2.05) is 25.1 Å². The Morgan fingerprint density at radius 1 is 1.33 bits per heavy atom. The van der Waals surface area contributed by atoms with Crippen LogP contribution in [0.2, 0.25) is 0 Å². The second-order valence-corrected chi connectivity index (χ2v) is 5.87. The van der Waals surface area contributed by atoms with Crippen molar-refractivity contribution < 1.29 is 9.53 Å². The fourth-order valence-electron chi connectivity index (χ4n) is 2.46. The van der Waals surface area contributed by atoms with E-state index in [0.717, 1.165) is 24.1 Å². The van der Waals surface area contributed by atoms with Crippen LogP contribution in [-0.2, 0) is 4.79 Å². The van der Waals surface area contributed by atoms with Crippen LogP contribution in [0.25, 0.3) is 0 Å². The summed E-state index contributed by atoms with van der Waals surface area (Å²) < 4.78 is 5.30. The van der Waals surface area contributed by atoms with Gasteiger partial charge in [0.05, 0.1) is 12.8 Å². The van der Waals surface area contributed by atoms with Crippen LogP contribution >= 0.6 is 0 Å². The van der Waals surface area contributed by atoms with Gasteiger partial charge in [-0.3, -0.25) is 4.79 Å². The molecule has 1 amide bonds. The first-order valence-corrected chi connectivity index (χ1v) is 7.62. The molecule has 0 aromatic heterocycles. The van der Waals surface area contributed by atoms with Crippen molar-refractivity contribution >= 4 is 11.6 Å². The van der Waals surface area contributed by atoms with E-state index in [0.29, 0.717) is 30.6 Å². The monoisotopic (exact) mass is 292 g/mol. The Kier molecular flexibility index (Phi) is 7.23. The third-order valence-corrected chi connectivity index (χ3v) is 3.85. The van der Waals surface area contributed by atoms with Gasteiger partial charge >= 0.3 is 0 Å². The van der Waals surface area contributed by atoms with Crippen LogP contribution in [-0.4, -0.2) is 19.6 Å². The summed E-state index contributed by atoms with van der Waals surface area (Å²) in [5, 5.41) is 2.93. The number of nitrogens with one attached hydrogen (secondary N) is 1. The molecular formula is C17H28N2O2. The summed E-state index contributed by atoms with van der Waals surface area (Å²) in [7, 11) is 1.61. The molecule has 0 spiro atoms. The topological polar surface area (TPSA) is 64.3 Å². The van der Waals surface area contributed by atoms with Crippen LogP contribution in [0.1, 0.15) is 38.7 Å². The third-order valence-electron chi connectivity index (χ3n) is 3.85. The zero-order valence-electron chi connectivity index (χ0n) is 13.6. The number of methoxy groups -OCH3 is 1. The van der Waals surface area contributed by atoms with Crippen molar-refractivity contribution in [2.24, 2.45) is 17.6 Å². The van der Waals surface area contributed by atoms with E-state index in [4.69, 9.17) is 10.5 Å². The van der Waals surface area contributed by atoms with Crippen LogP contribution < -0.4 is 15.8 Å². The number of ether oxygens (including phenoxy) is 1. The van der Waals surface area contributed by atoms with Crippen molar-refractivity contribution in [3.05, 3.63) is 23.8 Å². The van der Waals surface area contributed by atoms with Crippen LogP contribution in [0.5, 0.6) is 5.75 Å². The normalized spacial score (nSPS) is 12.3. The minimum absolute atomic E-state index is 0.0276. The maximum atomic E-state index is 12.1. The number of hydrogen-bond donors (Lipinski definition) is 2. The summed E-state index contributed by atoms with van der Waals surface area (Å²) in [6.45, 7) is 7.03. The number of aryl methyl sites for hydroxylation is 1. The largest absolute Gasteiger partial charge is 0.495 e. The number of rotatable bonds is 8. The number of hydrogen-bond acceptors (Lipinski definition) is 3. The van der Waals surface area contributed by atoms with E-state index in [2.05, 4.69) is 19.2 Å². The van der Waals surface area contributed by atoms with Crippen molar-refractivity contribution in [2.75, 3.05) is 19.0 Å². The molecule has 1 unspecified atom stereocenters. The fourth-order valence-corrected chi connectivity index (χ4v) is 2.46. The average Bonchev–Trinajstić information content (AvgIpc) is 2.44. The van der Waals surface area contributed by atoms with Crippen molar-refractivity contribution in [1.82, 2.24) is 0 Å². The Morgan fingerprint density at radius 3 is 2.62 bits per heavy atom. The van der Waals surface area contributed by atoms with Crippen molar-refractivity contribution in [1.29, 1.82) is 0 Å². The third kappa shape index (κ3) is 5.76. The number of nitrogens with two attached hydrogens (primary N) is 1. The molecule has 0 radical (unpaired) electrons. The van der Waals surface area contributed by atoms with E-state index in [1.54, 1.807) is 7.11 Å². The van der Waals surface area contributed by atoms with Gasteiger partial charge in [-0.25, -0.2) is 0 Å². The molecule has 0 fully saturated rings. The number of amides is 1. The molecule has 0 heterocycles. The van der Waals surface area contributed by atoms with Crippen molar-refractivity contribution in [3.63, 3.8) is 0 Å². The SMILES string of the molecule is COc1cc(C)ccc1NC(=O)CCC(CCN)C(C)C. The number of carbonyl (C=O) groups is 1. The highest BCUT2D eigenvalue weighted by Crippen LogP contribution is 2.26. The Balaban J connectivity index is 2.57. The molecule has 0 aliphatic carbocycles. The zero-order chi connectivity index (χ0) is 15.8. The molecule has 4 heteroatoms. The number of carbonyl (C=O) groups excluding carboxylic acids is 1. The molecule has 4 nitrogen and oxygen atoms in total. The molecule has 0 saturated heterocycles. The van der Waals surface area contributed by atoms with E-state index in [9.17, 15) is 4.79 Å². The minimum Gasteiger partial charge on any atom is -0.495 e. The highest BCUT2D eigenvalue weighted by molar-refractivity contribution is 5.92. The Hall–Kier alpha value is -1.55. The summed E-state index contributed by atoms with van der Waals surface area (Å²) in [5.41, 5.74) is 7.47. The van der Waals surface area contributed by atoms with Gasteiger partial charge in [0.1, 0.15) is 5.75 Å². The average molecular weight is 292 g/mol.